The number of aryl methyl sites for hydroxylation is 1. The van der Waals surface area contributed by atoms with Crippen molar-refractivity contribution in [2.45, 2.75) is 13.8 Å². The van der Waals surface area contributed by atoms with Crippen LogP contribution in [0.25, 0.3) is 5.65 Å². The third-order valence-corrected chi connectivity index (χ3v) is 3.48. The molecule has 5 nitrogen and oxygen atoms in total. The summed E-state index contributed by atoms with van der Waals surface area (Å²) < 4.78 is 33.4. The van der Waals surface area contributed by atoms with Gasteiger partial charge in [0.1, 0.15) is 5.69 Å². The second kappa shape index (κ2) is 6.27. The van der Waals surface area contributed by atoms with Gasteiger partial charge in [-0.25, -0.2) is 13.8 Å². The van der Waals surface area contributed by atoms with Crippen LogP contribution in [-0.2, 0) is 0 Å². The number of hydrogen-bond acceptors (Lipinski definition) is 3. The van der Waals surface area contributed by atoms with Crippen LogP contribution in [-0.4, -0.2) is 21.9 Å². The maximum atomic E-state index is 13.3. The van der Waals surface area contributed by atoms with E-state index in [1.54, 1.807) is 29.7 Å². The normalized spacial score (nSPS) is 10.8. The minimum absolute atomic E-state index is 0.161. The number of benzene rings is 1. The molecule has 0 aliphatic heterocycles. The fourth-order valence-electron chi connectivity index (χ4n) is 2.46. The van der Waals surface area contributed by atoms with E-state index in [9.17, 15) is 13.6 Å². The molecule has 0 fully saturated rings. The van der Waals surface area contributed by atoms with Gasteiger partial charge in [0.25, 0.3) is 5.91 Å². The monoisotopic (exact) mass is 331 g/mol. The summed E-state index contributed by atoms with van der Waals surface area (Å²) in [4.78, 5) is 16.9. The second-order valence-electron chi connectivity index (χ2n) is 5.13. The Kier molecular flexibility index (Phi) is 4.16. The molecule has 7 heteroatoms. The minimum atomic E-state index is -1.03. The maximum Gasteiger partial charge on any atom is 0.274 e. The van der Waals surface area contributed by atoms with Gasteiger partial charge < -0.3 is 10.1 Å². The second-order valence-corrected chi connectivity index (χ2v) is 5.13. The summed E-state index contributed by atoms with van der Waals surface area (Å²) in [6.45, 7) is 4.03. The van der Waals surface area contributed by atoms with E-state index in [2.05, 4.69) is 10.3 Å². The van der Waals surface area contributed by atoms with Gasteiger partial charge in [0, 0.05) is 18.0 Å². The first-order chi connectivity index (χ1) is 11.5. The fraction of sp³-hybridized carbons (Fsp3) is 0.176. The average molecular weight is 331 g/mol. The van der Waals surface area contributed by atoms with Crippen molar-refractivity contribution in [3.05, 3.63) is 59.6 Å². The summed E-state index contributed by atoms with van der Waals surface area (Å²) in [6.07, 6.45) is 1.69. The van der Waals surface area contributed by atoms with Gasteiger partial charge >= 0.3 is 0 Å². The van der Waals surface area contributed by atoms with Gasteiger partial charge in [-0.05, 0) is 38.1 Å². The third kappa shape index (κ3) is 2.80. The number of halogens is 2. The number of hydrogen-bond donors (Lipinski definition) is 1. The Hall–Kier alpha value is -2.96. The van der Waals surface area contributed by atoms with E-state index >= 15 is 0 Å². The van der Waals surface area contributed by atoms with Crippen molar-refractivity contribution in [1.82, 2.24) is 9.38 Å². The summed E-state index contributed by atoms with van der Waals surface area (Å²) in [5, 5.41) is 2.55. The standard InChI is InChI=1S/C17H15F2N3O2/c1-3-24-14-5-4-8-22-15(10(2)20-16(14)22)17(23)21-11-6-7-12(18)13(19)9-11/h4-9H,3H2,1-2H3,(H,21,23). The number of imidazole rings is 1. The predicted molar refractivity (Wildman–Crippen MR) is 85.4 cm³/mol. The van der Waals surface area contributed by atoms with Crippen LogP contribution >= 0.6 is 0 Å². The summed E-state index contributed by atoms with van der Waals surface area (Å²) >= 11 is 0. The zero-order chi connectivity index (χ0) is 17.3. The van der Waals surface area contributed by atoms with Gasteiger partial charge in [-0.3, -0.25) is 9.20 Å². The Balaban J connectivity index is 1.99. The lowest BCUT2D eigenvalue weighted by Crippen LogP contribution is -2.16. The highest BCUT2D eigenvalue weighted by molar-refractivity contribution is 6.04. The van der Waals surface area contributed by atoms with Crippen LogP contribution in [0.5, 0.6) is 5.75 Å². The minimum Gasteiger partial charge on any atom is -0.490 e. The topological polar surface area (TPSA) is 55.6 Å². The highest BCUT2D eigenvalue weighted by Gasteiger charge is 2.19. The molecule has 0 aliphatic rings. The van der Waals surface area contributed by atoms with E-state index in [-0.39, 0.29) is 5.69 Å². The van der Waals surface area contributed by atoms with Crippen LogP contribution in [0.4, 0.5) is 14.5 Å². The first-order valence-corrected chi connectivity index (χ1v) is 7.38. The molecule has 0 aliphatic carbocycles. The molecule has 24 heavy (non-hydrogen) atoms. The number of amides is 1. The van der Waals surface area contributed by atoms with Gasteiger partial charge in [0.2, 0.25) is 0 Å². The Morgan fingerprint density at radius 3 is 2.79 bits per heavy atom. The lowest BCUT2D eigenvalue weighted by Gasteiger charge is -2.08. The van der Waals surface area contributed by atoms with Gasteiger partial charge in [-0.15, -0.1) is 0 Å². The number of fused-ring (bicyclic) bond motifs is 1. The fourth-order valence-corrected chi connectivity index (χ4v) is 2.46. The van der Waals surface area contributed by atoms with E-state index in [0.29, 0.717) is 29.4 Å². The van der Waals surface area contributed by atoms with Crippen molar-refractivity contribution in [1.29, 1.82) is 0 Å². The lowest BCUT2D eigenvalue weighted by atomic mass is 10.2. The van der Waals surface area contributed by atoms with E-state index in [4.69, 9.17) is 4.74 Å². The Labute approximate surface area is 136 Å². The van der Waals surface area contributed by atoms with Crippen molar-refractivity contribution in [2.24, 2.45) is 0 Å². The SMILES string of the molecule is CCOc1cccn2c(C(=O)Nc3ccc(F)c(F)c3)c(C)nc12. The number of aromatic nitrogens is 2. The van der Waals surface area contributed by atoms with Crippen molar-refractivity contribution in [3.63, 3.8) is 0 Å². The van der Waals surface area contributed by atoms with Crippen molar-refractivity contribution < 1.29 is 18.3 Å². The van der Waals surface area contributed by atoms with Crippen molar-refractivity contribution >= 4 is 17.2 Å². The van der Waals surface area contributed by atoms with Gasteiger partial charge in [0.05, 0.1) is 12.3 Å². The van der Waals surface area contributed by atoms with E-state index in [1.165, 1.54) is 6.07 Å². The number of nitrogens with one attached hydrogen (secondary N) is 1. The number of pyridine rings is 1. The molecule has 0 bridgehead atoms. The molecule has 0 saturated heterocycles. The third-order valence-electron chi connectivity index (χ3n) is 3.48. The average Bonchev–Trinajstić information content (AvgIpc) is 2.88. The molecule has 0 atom stereocenters. The van der Waals surface area contributed by atoms with Gasteiger partial charge in [-0.1, -0.05) is 0 Å². The summed E-state index contributed by atoms with van der Waals surface area (Å²) in [6, 6.07) is 6.69. The molecule has 0 radical (unpaired) electrons. The largest absolute Gasteiger partial charge is 0.490 e. The van der Waals surface area contributed by atoms with E-state index < -0.39 is 17.5 Å². The lowest BCUT2D eigenvalue weighted by molar-refractivity contribution is 0.102. The Bertz CT molecular complexity index is 922. The Morgan fingerprint density at radius 2 is 2.08 bits per heavy atom. The smallest absolute Gasteiger partial charge is 0.274 e. The molecule has 3 rings (SSSR count). The first-order valence-electron chi connectivity index (χ1n) is 7.38. The number of carbonyl (C=O) groups excluding carboxylic acids is 1. The zero-order valence-corrected chi connectivity index (χ0v) is 13.1. The van der Waals surface area contributed by atoms with Crippen LogP contribution in [0.3, 0.4) is 0 Å². The number of carbonyl (C=O) groups is 1. The van der Waals surface area contributed by atoms with Crippen molar-refractivity contribution in [2.75, 3.05) is 11.9 Å². The van der Waals surface area contributed by atoms with Crippen LogP contribution in [0.1, 0.15) is 23.1 Å². The van der Waals surface area contributed by atoms with Crippen LogP contribution in [0.15, 0.2) is 36.5 Å². The molecule has 2 aromatic heterocycles. The Morgan fingerprint density at radius 1 is 1.29 bits per heavy atom. The van der Waals surface area contributed by atoms with Crippen LogP contribution < -0.4 is 10.1 Å². The molecule has 1 N–H and O–H groups in total. The molecular formula is C17H15F2N3O2. The zero-order valence-electron chi connectivity index (χ0n) is 13.1. The molecule has 0 unspecified atom stereocenters. The molecule has 124 valence electrons. The highest BCUT2D eigenvalue weighted by Crippen LogP contribution is 2.23. The molecule has 1 aromatic carbocycles. The maximum absolute atomic E-state index is 13.3. The molecular weight excluding hydrogens is 316 g/mol. The quantitative estimate of drug-likeness (QED) is 0.795. The van der Waals surface area contributed by atoms with Crippen LogP contribution in [0.2, 0.25) is 0 Å². The highest BCUT2D eigenvalue weighted by atomic mass is 19.2. The van der Waals surface area contributed by atoms with Gasteiger partial charge in [0.15, 0.2) is 23.0 Å². The summed E-state index contributed by atoms with van der Waals surface area (Å²) in [7, 11) is 0. The van der Waals surface area contributed by atoms with E-state index in [0.717, 1.165) is 12.1 Å². The first kappa shape index (κ1) is 15.9. The van der Waals surface area contributed by atoms with Gasteiger partial charge in [-0.2, -0.15) is 0 Å². The molecule has 0 spiro atoms. The number of nitrogens with zero attached hydrogens (tertiary/aromatic N) is 2. The number of rotatable bonds is 4. The number of ether oxygens (including phenoxy) is 1. The summed E-state index contributed by atoms with van der Waals surface area (Å²) in [5.41, 5.74) is 1.49. The summed E-state index contributed by atoms with van der Waals surface area (Å²) in [5.74, 6) is -1.91. The predicted octanol–water partition coefficient (Wildman–Crippen LogP) is 3.57. The van der Waals surface area contributed by atoms with Crippen LogP contribution in [0, 0.1) is 18.6 Å². The molecule has 2 heterocycles. The van der Waals surface area contributed by atoms with E-state index in [1.807, 2.05) is 6.92 Å². The molecule has 1 amide bonds. The molecule has 3 aromatic rings. The number of anilines is 1. The molecule has 0 saturated carbocycles. The van der Waals surface area contributed by atoms with Crippen molar-refractivity contribution in [3.8, 4) is 5.75 Å².